The summed E-state index contributed by atoms with van der Waals surface area (Å²) >= 11 is 0. The highest BCUT2D eigenvalue weighted by Crippen LogP contribution is 2.33. The first-order valence-electron chi connectivity index (χ1n) is 11.4. The minimum Gasteiger partial charge on any atom is -0.497 e. The van der Waals surface area contributed by atoms with Gasteiger partial charge >= 0.3 is 6.03 Å². The molecule has 192 valence electrons. The van der Waals surface area contributed by atoms with Crippen LogP contribution in [0.2, 0.25) is 0 Å². The molecule has 0 aromatic heterocycles. The maximum absolute atomic E-state index is 13.5. The van der Waals surface area contributed by atoms with Crippen LogP contribution in [-0.2, 0) is 25.2 Å². The lowest BCUT2D eigenvalue weighted by molar-refractivity contribution is -0.139. The van der Waals surface area contributed by atoms with Crippen molar-refractivity contribution >= 4 is 27.9 Å². The van der Waals surface area contributed by atoms with Crippen LogP contribution in [0.25, 0.3) is 0 Å². The van der Waals surface area contributed by atoms with Gasteiger partial charge in [-0.15, -0.1) is 0 Å². The molecule has 0 radical (unpaired) electrons. The van der Waals surface area contributed by atoms with Gasteiger partial charge in [-0.3, -0.25) is 14.5 Å². The Morgan fingerprint density at radius 2 is 1.75 bits per heavy atom. The van der Waals surface area contributed by atoms with E-state index < -0.39 is 45.8 Å². The fourth-order valence-electron chi connectivity index (χ4n) is 4.47. The van der Waals surface area contributed by atoms with Crippen LogP contribution in [0.15, 0.2) is 53.4 Å². The molecule has 0 saturated carbocycles. The number of hydrogen-bond acceptors (Lipinski definition) is 6. The summed E-state index contributed by atoms with van der Waals surface area (Å²) in [5.74, 6) is -1.05. The van der Waals surface area contributed by atoms with Gasteiger partial charge < -0.3 is 15.0 Å². The van der Waals surface area contributed by atoms with Crippen LogP contribution in [0.5, 0.6) is 5.75 Å². The van der Waals surface area contributed by atoms with Gasteiger partial charge in [0.25, 0.3) is 5.91 Å². The molecular weight excluding hydrogens is 491 g/mol. The Hall–Kier alpha value is -3.51. The number of carbonyl (C=O) groups is 3. The monoisotopic (exact) mass is 518 g/mol. The van der Waals surface area contributed by atoms with Gasteiger partial charge in [0.15, 0.2) is 0 Å². The van der Waals surface area contributed by atoms with Crippen molar-refractivity contribution in [2.75, 3.05) is 39.8 Å². The van der Waals surface area contributed by atoms with Crippen molar-refractivity contribution in [3.05, 3.63) is 59.9 Å². The quantitative estimate of drug-likeness (QED) is 0.556. The largest absolute Gasteiger partial charge is 0.497 e. The molecule has 2 heterocycles. The van der Waals surface area contributed by atoms with E-state index in [0.29, 0.717) is 11.3 Å². The number of rotatable bonds is 7. The van der Waals surface area contributed by atoms with Crippen LogP contribution >= 0.6 is 0 Å². The summed E-state index contributed by atoms with van der Waals surface area (Å²) in [6.07, 6.45) is 0.283. The summed E-state index contributed by atoms with van der Waals surface area (Å²) in [5, 5.41) is 2.74. The van der Waals surface area contributed by atoms with Crippen LogP contribution in [0.3, 0.4) is 0 Å². The molecule has 2 saturated heterocycles. The third-order valence-corrected chi connectivity index (χ3v) is 8.50. The number of benzene rings is 2. The molecule has 36 heavy (non-hydrogen) atoms. The van der Waals surface area contributed by atoms with Crippen molar-refractivity contribution in [2.24, 2.45) is 0 Å². The average molecular weight is 519 g/mol. The zero-order valence-corrected chi connectivity index (χ0v) is 20.8. The standard InChI is InChI=1S/C24H27FN4O6S/c1-3-24(17-7-9-19(35-2)10-8-17)22(31)29(23(32)26-24)16-21(30)27-11-13-28(14-12-27)36(33,34)20-6-4-5-18(25)15-20/h4-10,15H,3,11-14,16H2,1-2H3,(H,26,32)/t24-/m1/s1. The van der Waals surface area contributed by atoms with Crippen LogP contribution < -0.4 is 10.1 Å². The summed E-state index contributed by atoms with van der Waals surface area (Å²) < 4.78 is 45.5. The normalized spacial score (nSPS) is 21.0. The molecule has 4 amide bonds. The maximum atomic E-state index is 13.5. The molecule has 12 heteroatoms. The summed E-state index contributed by atoms with van der Waals surface area (Å²) in [4.78, 5) is 41.2. The third kappa shape index (κ3) is 4.53. The number of amides is 4. The molecule has 2 aliphatic heterocycles. The fraction of sp³-hybridized carbons (Fsp3) is 0.375. The third-order valence-electron chi connectivity index (χ3n) is 6.61. The second-order valence-electron chi connectivity index (χ2n) is 8.55. The molecule has 1 atom stereocenters. The smallest absolute Gasteiger partial charge is 0.325 e. The van der Waals surface area contributed by atoms with Crippen LogP contribution in [0.4, 0.5) is 9.18 Å². The van der Waals surface area contributed by atoms with E-state index in [1.807, 2.05) is 0 Å². The molecule has 2 aromatic rings. The number of urea groups is 1. The summed E-state index contributed by atoms with van der Waals surface area (Å²) in [6, 6.07) is 10.9. The Balaban J connectivity index is 1.42. The number of ether oxygens (including phenoxy) is 1. The Kier molecular flexibility index (Phi) is 7.01. The first kappa shape index (κ1) is 25.6. The topological polar surface area (TPSA) is 116 Å². The van der Waals surface area contributed by atoms with Gasteiger partial charge in [-0.05, 0) is 42.3 Å². The van der Waals surface area contributed by atoms with E-state index in [2.05, 4.69) is 5.32 Å². The van der Waals surface area contributed by atoms with E-state index in [1.54, 1.807) is 31.2 Å². The van der Waals surface area contributed by atoms with Crippen molar-refractivity contribution in [3.8, 4) is 5.75 Å². The van der Waals surface area contributed by atoms with Crippen molar-refractivity contribution in [1.29, 1.82) is 0 Å². The molecule has 1 N–H and O–H groups in total. The van der Waals surface area contributed by atoms with Gasteiger partial charge in [0.05, 0.1) is 12.0 Å². The average Bonchev–Trinajstić information content (AvgIpc) is 3.13. The Morgan fingerprint density at radius 3 is 2.33 bits per heavy atom. The molecule has 4 rings (SSSR count). The fourth-order valence-corrected chi connectivity index (χ4v) is 5.93. The number of imide groups is 1. The molecule has 10 nitrogen and oxygen atoms in total. The van der Waals surface area contributed by atoms with Crippen LogP contribution in [0, 0.1) is 5.82 Å². The first-order chi connectivity index (χ1) is 17.1. The van der Waals surface area contributed by atoms with Gasteiger partial charge in [-0.2, -0.15) is 4.31 Å². The van der Waals surface area contributed by atoms with Gasteiger partial charge in [-0.25, -0.2) is 17.6 Å². The lowest BCUT2D eigenvalue weighted by atomic mass is 9.87. The molecule has 0 spiro atoms. The van der Waals surface area contributed by atoms with Crippen molar-refractivity contribution in [1.82, 2.24) is 19.4 Å². The van der Waals surface area contributed by atoms with Gasteiger partial charge in [0.1, 0.15) is 23.7 Å². The highest BCUT2D eigenvalue weighted by atomic mass is 32.2. The summed E-state index contributed by atoms with van der Waals surface area (Å²) in [5.41, 5.74) is -0.711. The lowest BCUT2D eigenvalue weighted by Crippen LogP contribution is -2.53. The number of sulfonamides is 1. The first-order valence-corrected chi connectivity index (χ1v) is 12.9. The van der Waals surface area contributed by atoms with E-state index in [-0.39, 0.29) is 37.5 Å². The van der Waals surface area contributed by atoms with Gasteiger partial charge in [0, 0.05) is 26.2 Å². The molecule has 0 bridgehead atoms. The predicted octanol–water partition coefficient (Wildman–Crippen LogP) is 1.52. The zero-order chi connectivity index (χ0) is 26.1. The van der Waals surface area contributed by atoms with Crippen LogP contribution in [0.1, 0.15) is 18.9 Å². The lowest BCUT2D eigenvalue weighted by Gasteiger charge is -2.34. The highest BCUT2D eigenvalue weighted by Gasteiger charge is 2.52. The maximum Gasteiger partial charge on any atom is 0.325 e. The molecule has 2 fully saturated rings. The number of hydrogen-bond donors (Lipinski definition) is 1. The Bertz CT molecular complexity index is 1280. The van der Waals surface area contributed by atoms with E-state index in [1.165, 1.54) is 28.4 Å². The van der Waals surface area contributed by atoms with E-state index >= 15 is 0 Å². The van der Waals surface area contributed by atoms with Crippen molar-refractivity contribution in [3.63, 3.8) is 0 Å². The summed E-state index contributed by atoms with van der Waals surface area (Å²) in [6.45, 7) is 1.49. The number of methoxy groups -OCH3 is 1. The molecule has 0 aliphatic carbocycles. The number of piperazine rings is 1. The Morgan fingerprint density at radius 1 is 1.08 bits per heavy atom. The zero-order valence-electron chi connectivity index (χ0n) is 19.9. The number of halogens is 1. The minimum atomic E-state index is -3.91. The second kappa shape index (κ2) is 9.86. The molecule has 0 unspecified atom stereocenters. The number of nitrogens with zero attached hydrogens (tertiary/aromatic N) is 3. The van der Waals surface area contributed by atoms with Gasteiger partial charge in [0.2, 0.25) is 15.9 Å². The number of carbonyl (C=O) groups excluding carboxylic acids is 3. The molecule has 2 aliphatic rings. The SMILES string of the molecule is CC[C@]1(c2ccc(OC)cc2)NC(=O)N(CC(=O)N2CCN(S(=O)(=O)c3cccc(F)c3)CC2)C1=O. The Labute approximate surface area is 208 Å². The van der Waals surface area contributed by atoms with E-state index in [4.69, 9.17) is 4.74 Å². The summed E-state index contributed by atoms with van der Waals surface area (Å²) in [7, 11) is -2.39. The molecule has 2 aromatic carbocycles. The van der Waals surface area contributed by atoms with Crippen LogP contribution in [-0.4, -0.2) is 80.2 Å². The highest BCUT2D eigenvalue weighted by molar-refractivity contribution is 7.89. The minimum absolute atomic E-state index is 0.00940. The predicted molar refractivity (Wildman–Crippen MR) is 127 cm³/mol. The van der Waals surface area contributed by atoms with E-state index in [9.17, 15) is 27.2 Å². The molecular formula is C24H27FN4O6S. The second-order valence-corrected chi connectivity index (χ2v) is 10.5. The van der Waals surface area contributed by atoms with Gasteiger partial charge in [-0.1, -0.05) is 25.1 Å². The van der Waals surface area contributed by atoms with E-state index in [0.717, 1.165) is 17.0 Å². The number of nitrogens with one attached hydrogen (secondary N) is 1. The van der Waals surface area contributed by atoms with Crippen molar-refractivity contribution in [2.45, 2.75) is 23.8 Å². The van der Waals surface area contributed by atoms with Crippen molar-refractivity contribution < 1.29 is 31.9 Å².